The van der Waals surface area contributed by atoms with Crippen LogP contribution in [0.5, 0.6) is 0 Å². The van der Waals surface area contributed by atoms with Crippen LogP contribution < -0.4 is 20.0 Å². The first-order valence-corrected chi connectivity index (χ1v) is 13.8. The monoisotopic (exact) mass is 596 g/mol. The van der Waals surface area contributed by atoms with Crippen LogP contribution in [0.15, 0.2) is 88.4 Å². The summed E-state index contributed by atoms with van der Waals surface area (Å²) < 4.78 is 6.77. The van der Waals surface area contributed by atoms with Crippen LogP contribution in [0.2, 0.25) is 0 Å². The molecule has 1 saturated heterocycles. The van der Waals surface area contributed by atoms with Crippen molar-refractivity contribution in [1.29, 1.82) is 0 Å². The maximum absolute atomic E-state index is 13.8. The van der Waals surface area contributed by atoms with E-state index in [0.29, 0.717) is 28.2 Å². The topological polar surface area (TPSA) is 135 Å². The Balaban J connectivity index is 1.44. The van der Waals surface area contributed by atoms with Crippen LogP contribution in [-0.4, -0.2) is 44.8 Å². The van der Waals surface area contributed by atoms with Crippen LogP contribution in [0.4, 0.5) is 17.3 Å². The summed E-state index contributed by atoms with van der Waals surface area (Å²) in [5.74, 6) is -1.45. The molecule has 2 amide bonds. The van der Waals surface area contributed by atoms with Crippen LogP contribution in [0, 0.1) is 6.92 Å². The lowest BCUT2D eigenvalue weighted by molar-refractivity contribution is -0.746. The molecule has 3 aromatic carbocycles. The average molecular weight is 597 g/mol. The summed E-state index contributed by atoms with van der Waals surface area (Å²) in [6, 6.07) is 21.3. The fraction of sp³-hybridized carbons (Fsp3) is 0.194. The molecule has 11 nitrogen and oxygen atoms in total. The Labute approximate surface area is 253 Å². The Hall–Kier alpha value is -5.23. The zero-order valence-corrected chi connectivity index (χ0v) is 24.5. The molecular weight excluding hydrogens is 568 g/mol. The Morgan fingerprint density at radius 2 is 1.72 bits per heavy atom. The Morgan fingerprint density at radius 1 is 1.05 bits per heavy atom. The number of carbonyl (C=O) groups is 3. The van der Waals surface area contributed by atoms with Gasteiger partial charge in [0, 0.05) is 11.3 Å². The Morgan fingerprint density at radius 3 is 2.37 bits per heavy atom. The highest BCUT2D eigenvalue weighted by Crippen LogP contribution is 2.30. The molecule has 1 atom stereocenters. The molecule has 2 heterocycles. The summed E-state index contributed by atoms with van der Waals surface area (Å²) in [5, 5.41) is 19.7. The summed E-state index contributed by atoms with van der Waals surface area (Å²) >= 11 is 5.79. The molecule has 0 aliphatic carbocycles. The number of hydrogen-bond acceptors (Lipinski definition) is 8. The molecule has 218 valence electrons. The standard InChI is InChI=1S/C31H28N6O5S/c1-19-9-15-24(16-10-19)37-30(41)25(17-27(39)32-23-13-11-21(12-14-23)20(2)38)36(31(37)43)18-26-29(42-34-35(26)3)33-28(40)22-7-5-4-6-8-22/h4-16,25H,17-18H2,1-3H3,(H-,32,33,34,38,39,40). The van der Waals surface area contributed by atoms with Crippen molar-refractivity contribution in [1.82, 2.24) is 10.2 Å². The third kappa shape index (κ3) is 6.33. The SMILES string of the molecule is CC(=O)c1ccc(NC(=O)CC2C(=O)N(c3ccc(C)cc3)C(=S)N2Cc2c(/N=C(\[O-])c3ccccc3)on[n+]2C)cc1. The number of thiocarbonyl (C=S) groups is 1. The van der Waals surface area contributed by atoms with E-state index in [2.05, 4.69) is 15.6 Å². The normalized spacial score (nSPS) is 15.2. The number of benzene rings is 3. The molecule has 1 N–H and O–H groups in total. The minimum absolute atomic E-state index is 0.0148. The van der Waals surface area contributed by atoms with Crippen LogP contribution in [0.1, 0.15) is 40.5 Å². The first kappa shape index (κ1) is 29.3. The summed E-state index contributed by atoms with van der Waals surface area (Å²) in [6.45, 7) is 3.38. The number of rotatable bonds is 9. The van der Waals surface area contributed by atoms with Gasteiger partial charge in [0.2, 0.25) is 11.2 Å². The third-order valence-electron chi connectivity index (χ3n) is 7.00. The molecule has 43 heavy (non-hydrogen) atoms. The number of nitrogens with one attached hydrogen (secondary N) is 1. The van der Waals surface area contributed by atoms with Gasteiger partial charge in [-0.25, -0.2) is 4.99 Å². The lowest BCUT2D eigenvalue weighted by atomic mass is 10.1. The van der Waals surface area contributed by atoms with Crippen molar-refractivity contribution in [2.75, 3.05) is 10.2 Å². The quantitative estimate of drug-likeness (QED) is 0.102. The minimum Gasteiger partial charge on any atom is -0.858 e. The zero-order valence-electron chi connectivity index (χ0n) is 23.7. The molecule has 1 fully saturated rings. The van der Waals surface area contributed by atoms with E-state index in [4.69, 9.17) is 16.7 Å². The van der Waals surface area contributed by atoms with Crippen LogP contribution in [0.3, 0.4) is 0 Å². The van der Waals surface area contributed by atoms with Gasteiger partial charge in [-0.15, -0.1) is 0 Å². The number of anilines is 2. The fourth-order valence-electron chi connectivity index (χ4n) is 4.62. The van der Waals surface area contributed by atoms with Gasteiger partial charge < -0.3 is 15.3 Å². The molecule has 4 aromatic rings. The first-order chi connectivity index (χ1) is 20.6. The molecule has 0 saturated carbocycles. The van der Waals surface area contributed by atoms with E-state index < -0.39 is 17.8 Å². The van der Waals surface area contributed by atoms with Gasteiger partial charge in [0.25, 0.3) is 11.6 Å². The molecule has 1 aromatic heterocycles. The van der Waals surface area contributed by atoms with Gasteiger partial charge in [-0.1, -0.05) is 48.0 Å². The second kappa shape index (κ2) is 12.3. The number of aliphatic imine (C=N–C) groups is 1. The predicted octanol–water partition coefficient (Wildman–Crippen LogP) is 2.98. The number of carbonyl (C=O) groups excluding carboxylic acids is 3. The predicted molar refractivity (Wildman–Crippen MR) is 161 cm³/mol. The molecule has 1 aliphatic rings. The minimum atomic E-state index is -0.974. The molecule has 0 bridgehead atoms. The van der Waals surface area contributed by atoms with E-state index in [1.165, 1.54) is 16.5 Å². The zero-order chi connectivity index (χ0) is 30.7. The number of ketones is 1. The first-order valence-electron chi connectivity index (χ1n) is 13.4. The van der Waals surface area contributed by atoms with E-state index in [1.54, 1.807) is 78.7 Å². The summed E-state index contributed by atoms with van der Waals surface area (Å²) in [7, 11) is 1.62. The van der Waals surface area contributed by atoms with Crippen LogP contribution in [-0.2, 0) is 23.2 Å². The summed E-state index contributed by atoms with van der Waals surface area (Å²) in [4.78, 5) is 45.8. The van der Waals surface area contributed by atoms with Crippen molar-refractivity contribution in [3.63, 3.8) is 0 Å². The van der Waals surface area contributed by atoms with Crippen molar-refractivity contribution < 1.29 is 28.7 Å². The van der Waals surface area contributed by atoms with E-state index in [-0.39, 0.29) is 35.7 Å². The molecule has 0 radical (unpaired) electrons. The second-order valence-electron chi connectivity index (χ2n) is 10.1. The van der Waals surface area contributed by atoms with Gasteiger partial charge >= 0.3 is 5.88 Å². The van der Waals surface area contributed by atoms with Gasteiger partial charge in [-0.2, -0.15) is 0 Å². The molecule has 1 unspecified atom stereocenters. The van der Waals surface area contributed by atoms with E-state index >= 15 is 0 Å². The van der Waals surface area contributed by atoms with Gasteiger partial charge in [-0.05, 0) is 78.6 Å². The number of aromatic nitrogens is 2. The van der Waals surface area contributed by atoms with E-state index in [9.17, 15) is 19.5 Å². The molecule has 5 rings (SSSR count). The lowest BCUT2D eigenvalue weighted by Crippen LogP contribution is -2.42. The summed E-state index contributed by atoms with van der Waals surface area (Å²) in [5.41, 5.74) is 3.33. The second-order valence-corrected chi connectivity index (χ2v) is 10.4. The Bertz CT molecular complexity index is 1720. The number of hydrogen-bond donors (Lipinski definition) is 1. The van der Waals surface area contributed by atoms with Crippen molar-refractivity contribution in [3.05, 3.63) is 101 Å². The van der Waals surface area contributed by atoms with Gasteiger partial charge in [0.15, 0.2) is 17.9 Å². The summed E-state index contributed by atoms with van der Waals surface area (Å²) in [6.07, 6.45) is -0.222. The third-order valence-corrected chi connectivity index (χ3v) is 7.41. The van der Waals surface area contributed by atoms with Gasteiger partial charge in [0.1, 0.15) is 12.6 Å². The van der Waals surface area contributed by atoms with Gasteiger partial charge in [-0.3, -0.25) is 23.8 Å². The lowest BCUT2D eigenvalue weighted by Gasteiger charge is -2.22. The average Bonchev–Trinajstić information content (AvgIpc) is 3.45. The highest BCUT2D eigenvalue weighted by atomic mass is 32.1. The van der Waals surface area contributed by atoms with Crippen LogP contribution in [0.25, 0.3) is 0 Å². The van der Waals surface area contributed by atoms with Crippen molar-refractivity contribution in [2.24, 2.45) is 12.0 Å². The number of nitrogens with zero attached hydrogens (tertiary/aromatic N) is 5. The number of Topliss-reactive ketones (excluding diaryl/α,β-unsaturated/α-hetero) is 1. The fourth-order valence-corrected chi connectivity index (χ4v) is 5.00. The number of aryl methyl sites for hydroxylation is 2. The molecule has 1 aliphatic heterocycles. The van der Waals surface area contributed by atoms with Gasteiger partial charge in [0.05, 0.1) is 12.1 Å². The smallest absolute Gasteiger partial charge is 0.325 e. The van der Waals surface area contributed by atoms with Crippen molar-refractivity contribution in [2.45, 2.75) is 32.9 Å². The molecular formula is C31H28N6O5S. The maximum atomic E-state index is 13.8. The van der Waals surface area contributed by atoms with Crippen molar-refractivity contribution >= 4 is 58.1 Å². The highest BCUT2D eigenvalue weighted by Gasteiger charge is 2.46. The molecule has 12 heteroatoms. The highest BCUT2D eigenvalue weighted by molar-refractivity contribution is 7.80. The molecule has 0 spiro atoms. The largest absolute Gasteiger partial charge is 0.858 e. The van der Waals surface area contributed by atoms with Crippen molar-refractivity contribution in [3.8, 4) is 0 Å². The van der Waals surface area contributed by atoms with Crippen LogP contribution >= 0.6 is 12.2 Å². The Kier molecular flexibility index (Phi) is 8.39. The van der Waals surface area contributed by atoms with E-state index in [0.717, 1.165) is 5.56 Å². The van der Waals surface area contributed by atoms with E-state index in [1.807, 2.05) is 19.1 Å². The maximum Gasteiger partial charge on any atom is 0.325 e. The number of amides is 2.